The number of likely N-dealkylation sites (tertiary alicyclic amines) is 1. The third-order valence-corrected chi connectivity index (χ3v) is 6.12. The fourth-order valence-electron chi connectivity index (χ4n) is 4.25. The molecule has 8 heteroatoms. The molecule has 142 valence electrons. The topological polar surface area (TPSA) is 81.8 Å². The summed E-state index contributed by atoms with van der Waals surface area (Å²) in [6, 6.07) is -0.437. The molecule has 4 amide bonds. The van der Waals surface area contributed by atoms with E-state index in [2.05, 4.69) is 10.6 Å². The molecule has 0 saturated carbocycles. The smallest absolute Gasteiger partial charge is 0.325 e. The molecule has 0 spiro atoms. The molecule has 7 nitrogen and oxygen atoms in total. The molecule has 3 fully saturated rings. The minimum absolute atomic E-state index is 0. The SMILES string of the molecule is CCC1(CC)NC(=O)N(CC(=O)N2CC[C@@H]3CNC[C@@H]3CC2)C1=O.Cl. The van der Waals surface area contributed by atoms with Gasteiger partial charge < -0.3 is 15.5 Å². The first-order valence-electron chi connectivity index (χ1n) is 9.13. The molecule has 0 radical (unpaired) electrons. The van der Waals surface area contributed by atoms with Crippen LogP contribution in [0.4, 0.5) is 4.79 Å². The predicted octanol–water partition coefficient (Wildman–Crippen LogP) is 0.977. The zero-order chi connectivity index (χ0) is 17.3. The largest absolute Gasteiger partial charge is 0.341 e. The summed E-state index contributed by atoms with van der Waals surface area (Å²) < 4.78 is 0. The van der Waals surface area contributed by atoms with Crippen LogP contribution >= 0.6 is 12.4 Å². The van der Waals surface area contributed by atoms with E-state index in [1.165, 1.54) is 0 Å². The monoisotopic (exact) mass is 372 g/mol. The van der Waals surface area contributed by atoms with Crippen molar-refractivity contribution in [3.05, 3.63) is 0 Å². The van der Waals surface area contributed by atoms with Gasteiger partial charge in [0.15, 0.2) is 0 Å². The van der Waals surface area contributed by atoms with Gasteiger partial charge in [0.2, 0.25) is 5.91 Å². The minimum Gasteiger partial charge on any atom is -0.341 e. The van der Waals surface area contributed by atoms with Gasteiger partial charge in [-0.05, 0) is 50.6 Å². The van der Waals surface area contributed by atoms with E-state index in [1.807, 2.05) is 18.7 Å². The summed E-state index contributed by atoms with van der Waals surface area (Å²) >= 11 is 0. The molecule has 3 aliphatic rings. The quantitative estimate of drug-likeness (QED) is 0.721. The van der Waals surface area contributed by atoms with Gasteiger partial charge >= 0.3 is 6.03 Å². The molecule has 3 aliphatic heterocycles. The van der Waals surface area contributed by atoms with Crippen molar-refractivity contribution in [2.75, 3.05) is 32.7 Å². The molecule has 3 saturated heterocycles. The van der Waals surface area contributed by atoms with Gasteiger partial charge in [0, 0.05) is 13.1 Å². The molecule has 3 rings (SSSR count). The molecular weight excluding hydrogens is 344 g/mol. The normalized spacial score (nSPS) is 28.2. The Kier molecular flexibility index (Phi) is 6.32. The van der Waals surface area contributed by atoms with E-state index < -0.39 is 11.6 Å². The van der Waals surface area contributed by atoms with Gasteiger partial charge in [-0.2, -0.15) is 0 Å². The van der Waals surface area contributed by atoms with Crippen LogP contribution in [0.1, 0.15) is 39.5 Å². The summed E-state index contributed by atoms with van der Waals surface area (Å²) in [6.07, 6.45) is 3.08. The molecule has 0 aromatic rings. The van der Waals surface area contributed by atoms with E-state index >= 15 is 0 Å². The van der Waals surface area contributed by atoms with Crippen molar-refractivity contribution in [1.82, 2.24) is 20.4 Å². The Balaban J connectivity index is 0.00000225. The molecule has 2 atom stereocenters. The third-order valence-electron chi connectivity index (χ3n) is 6.12. The third kappa shape index (κ3) is 3.62. The number of fused-ring (bicyclic) bond motifs is 1. The fraction of sp³-hybridized carbons (Fsp3) is 0.824. The zero-order valence-electron chi connectivity index (χ0n) is 15.0. The maximum Gasteiger partial charge on any atom is 0.325 e. The van der Waals surface area contributed by atoms with Gasteiger partial charge in [0.25, 0.3) is 5.91 Å². The molecule has 0 aromatic carbocycles. The van der Waals surface area contributed by atoms with Gasteiger partial charge in [-0.25, -0.2) is 4.79 Å². The van der Waals surface area contributed by atoms with Crippen molar-refractivity contribution in [2.45, 2.75) is 45.1 Å². The second-order valence-corrected chi connectivity index (χ2v) is 7.25. The summed E-state index contributed by atoms with van der Waals surface area (Å²) in [5.41, 5.74) is -0.834. The van der Waals surface area contributed by atoms with Crippen LogP contribution in [0.3, 0.4) is 0 Å². The Labute approximate surface area is 155 Å². The molecular formula is C17H29ClN4O3. The van der Waals surface area contributed by atoms with E-state index in [4.69, 9.17) is 0 Å². The standard InChI is InChI=1S/C17H28N4O3.ClH/c1-3-17(4-2)15(23)21(16(24)19-17)11-14(22)20-7-5-12-9-18-10-13(12)6-8-20;/h12-13,18H,3-11H2,1-2H3,(H,19,24);1H/t12-,13+;. The minimum atomic E-state index is -0.834. The highest BCUT2D eigenvalue weighted by Gasteiger charge is 2.49. The number of carbonyl (C=O) groups excluding carboxylic acids is 3. The highest BCUT2D eigenvalue weighted by Crippen LogP contribution is 2.28. The number of hydrogen-bond donors (Lipinski definition) is 2. The number of carbonyl (C=O) groups is 3. The van der Waals surface area contributed by atoms with E-state index in [-0.39, 0.29) is 30.8 Å². The van der Waals surface area contributed by atoms with Crippen LogP contribution in [0.5, 0.6) is 0 Å². The van der Waals surface area contributed by atoms with Crippen LogP contribution in [0.2, 0.25) is 0 Å². The maximum absolute atomic E-state index is 12.6. The zero-order valence-corrected chi connectivity index (χ0v) is 15.9. The van der Waals surface area contributed by atoms with Crippen molar-refractivity contribution in [3.63, 3.8) is 0 Å². The van der Waals surface area contributed by atoms with Gasteiger partial charge in [-0.3, -0.25) is 14.5 Å². The molecule has 0 bridgehead atoms. The number of hydrogen-bond acceptors (Lipinski definition) is 4. The number of urea groups is 1. The number of amides is 4. The lowest BCUT2D eigenvalue weighted by molar-refractivity contribution is -0.139. The molecule has 3 heterocycles. The summed E-state index contributed by atoms with van der Waals surface area (Å²) in [5, 5.41) is 6.20. The van der Waals surface area contributed by atoms with E-state index in [0.29, 0.717) is 24.7 Å². The number of imide groups is 1. The first-order chi connectivity index (χ1) is 11.5. The number of rotatable bonds is 4. The Morgan fingerprint density at radius 3 is 2.16 bits per heavy atom. The molecule has 0 aromatic heterocycles. The van der Waals surface area contributed by atoms with Crippen LogP contribution in [-0.4, -0.2) is 65.9 Å². The summed E-state index contributed by atoms with van der Waals surface area (Å²) in [7, 11) is 0. The summed E-state index contributed by atoms with van der Waals surface area (Å²) in [5.74, 6) is 0.913. The van der Waals surface area contributed by atoms with Gasteiger partial charge in [-0.1, -0.05) is 13.8 Å². The average Bonchev–Trinajstić information content (AvgIpc) is 3.05. The lowest BCUT2D eigenvalue weighted by Gasteiger charge is -2.25. The van der Waals surface area contributed by atoms with Crippen molar-refractivity contribution in [2.24, 2.45) is 11.8 Å². The van der Waals surface area contributed by atoms with Crippen LogP contribution in [0, 0.1) is 11.8 Å². The maximum atomic E-state index is 12.6. The van der Waals surface area contributed by atoms with Crippen molar-refractivity contribution >= 4 is 30.3 Å². The first kappa shape index (κ1) is 20.0. The highest BCUT2D eigenvalue weighted by atomic mass is 35.5. The molecule has 25 heavy (non-hydrogen) atoms. The fourth-order valence-corrected chi connectivity index (χ4v) is 4.25. The average molecular weight is 373 g/mol. The van der Waals surface area contributed by atoms with Crippen molar-refractivity contribution < 1.29 is 14.4 Å². The lowest BCUT2D eigenvalue weighted by Crippen LogP contribution is -2.47. The lowest BCUT2D eigenvalue weighted by atomic mass is 9.92. The van der Waals surface area contributed by atoms with Crippen LogP contribution in [0.15, 0.2) is 0 Å². The van der Waals surface area contributed by atoms with Crippen molar-refractivity contribution in [3.8, 4) is 0 Å². The Hall–Kier alpha value is -1.34. The van der Waals surface area contributed by atoms with Crippen LogP contribution in [0.25, 0.3) is 0 Å². The first-order valence-corrected chi connectivity index (χ1v) is 9.13. The van der Waals surface area contributed by atoms with Gasteiger partial charge in [0.1, 0.15) is 12.1 Å². The number of nitrogens with one attached hydrogen (secondary N) is 2. The summed E-state index contributed by atoms with van der Waals surface area (Å²) in [6.45, 7) is 7.14. The Bertz CT molecular complexity index is 524. The molecule has 0 aliphatic carbocycles. The van der Waals surface area contributed by atoms with Crippen LogP contribution < -0.4 is 10.6 Å². The number of nitrogens with zero attached hydrogens (tertiary/aromatic N) is 2. The Morgan fingerprint density at radius 1 is 1.12 bits per heavy atom. The van der Waals surface area contributed by atoms with Gasteiger partial charge in [0.05, 0.1) is 0 Å². The van der Waals surface area contributed by atoms with Crippen LogP contribution in [-0.2, 0) is 9.59 Å². The predicted molar refractivity (Wildman–Crippen MR) is 96.5 cm³/mol. The second-order valence-electron chi connectivity index (χ2n) is 7.25. The highest BCUT2D eigenvalue weighted by molar-refractivity contribution is 6.08. The van der Waals surface area contributed by atoms with E-state index in [0.717, 1.165) is 43.9 Å². The molecule has 0 unspecified atom stereocenters. The molecule has 2 N–H and O–H groups in total. The van der Waals surface area contributed by atoms with E-state index in [1.54, 1.807) is 0 Å². The van der Waals surface area contributed by atoms with Crippen molar-refractivity contribution in [1.29, 1.82) is 0 Å². The number of halogens is 1. The second kappa shape index (κ2) is 7.91. The van der Waals surface area contributed by atoms with E-state index in [9.17, 15) is 14.4 Å². The summed E-state index contributed by atoms with van der Waals surface area (Å²) in [4.78, 5) is 40.4. The van der Waals surface area contributed by atoms with Gasteiger partial charge in [-0.15, -0.1) is 12.4 Å². The Morgan fingerprint density at radius 2 is 1.68 bits per heavy atom.